The molecule has 7 heteroatoms. The number of tetrazole rings is 1. The van der Waals surface area contributed by atoms with Gasteiger partial charge >= 0.3 is 0 Å². The molecule has 1 saturated carbocycles. The van der Waals surface area contributed by atoms with Crippen molar-refractivity contribution in [1.29, 1.82) is 0 Å². The standard InChI is InChI=1S/C15H24N6O/c1-11-16-17-18-21(11)10-15(22)20-8-13-4-5-14(9-20)19(7-13)6-12-2-3-12/h12-14H,2-10H2,1H3/t13-,14-/m1/s1. The van der Waals surface area contributed by atoms with E-state index in [4.69, 9.17) is 0 Å². The van der Waals surface area contributed by atoms with E-state index >= 15 is 0 Å². The third-order valence-electron chi connectivity index (χ3n) is 5.37. The number of carbonyl (C=O) groups is 1. The van der Waals surface area contributed by atoms with Gasteiger partial charge in [-0.2, -0.15) is 0 Å². The molecule has 120 valence electrons. The highest BCUT2D eigenvalue weighted by atomic mass is 16.2. The van der Waals surface area contributed by atoms with Crippen molar-refractivity contribution in [3.05, 3.63) is 5.82 Å². The number of aromatic nitrogens is 4. The second-order valence-electron chi connectivity index (χ2n) is 7.18. The smallest absolute Gasteiger partial charge is 0.244 e. The third kappa shape index (κ3) is 2.86. The number of rotatable bonds is 4. The lowest BCUT2D eigenvalue weighted by Gasteiger charge is -2.36. The number of amides is 1. The first-order valence-corrected chi connectivity index (χ1v) is 8.43. The maximum absolute atomic E-state index is 12.6. The molecular formula is C15H24N6O. The Morgan fingerprint density at radius 3 is 2.77 bits per heavy atom. The van der Waals surface area contributed by atoms with Crippen LogP contribution in [0.3, 0.4) is 0 Å². The molecule has 1 aromatic heterocycles. The molecule has 0 aromatic carbocycles. The van der Waals surface area contributed by atoms with Crippen LogP contribution in [0.2, 0.25) is 0 Å². The molecule has 0 N–H and O–H groups in total. The van der Waals surface area contributed by atoms with E-state index in [-0.39, 0.29) is 12.5 Å². The zero-order valence-corrected chi connectivity index (χ0v) is 13.2. The van der Waals surface area contributed by atoms with E-state index in [0.717, 1.165) is 19.0 Å². The number of aryl methyl sites for hydroxylation is 1. The van der Waals surface area contributed by atoms with Crippen LogP contribution in [0.5, 0.6) is 0 Å². The van der Waals surface area contributed by atoms with Crippen molar-refractivity contribution in [3.63, 3.8) is 0 Å². The summed E-state index contributed by atoms with van der Waals surface area (Å²) in [5.41, 5.74) is 0. The van der Waals surface area contributed by atoms with Gasteiger partial charge in [-0.05, 0) is 54.9 Å². The predicted molar refractivity (Wildman–Crippen MR) is 79.9 cm³/mol. The van der Waals surface area contributed by atoms with E-state index in [1.54, 1.807) is 4.68 Å². The van der Waals surface area contributed by atoms with E-state index in [2.05, 4.69) is 25.3 Å². The van der Waals surface area contributed by atoms with Crippen LogP contribution in [0, 0.1) is 18.8 Å². The Hall–Kier alpha value is -1.50. The molecule has 3 aliphatic heterocycles. The Balaban J connectivity index is 1.42. The Morgan fingerprint density at radius 2 is 2.05 bits per heavy atom. The summed E-state index contributed by atoms with van der Waals surface area (Å²) in [6.07, 6.45) is 5.30. The van der Waals surface area contributed by atoms with Crippen LogP contribution in [-0.4, -0.2) is 68.1 Å². The first kappa shape index (κ1) is 14.1. The fourth-order valence-electron chi connectivity index (χ4n) is 3.86. The molecule has 0 radical (unpaired) electrons. The van der Waals surface area contributed by atoms with Crippen LogP contribution in [0.4, 0.5) is 0 Å². The Bertz CT molecular complexity index is 554. The highest BCUT2D eigenvalue weighted by molar-refractivity contribution is 5.76. The minimum Gasteiger partial charge on any atom is -0.339 e. The fourth-order valence-corrected chi connectivity index (χ4v) is 3.86. The van der Waals surface area contributed by atoms with E-state index in [9.17, 15) is 4.79 Å². The molecule has 7 nitrogen and oxygen atoms in total. The van der Waals surface area contributed by atoms with Crippen molar-refractivity contribution in [2.75, 3.05) is 26.2 Å². The van der Waals surface area contributed by atoms with Crippen LogP contribution in [0.1, 0.15) is 31.5 Å². The summed E-state index contributed by atoms with van der Waals surface area (Å²) >= 11 is 0. The summed E-state index contributed by atoms with van der Waals surface area (Å²) in [5, 5.41) is 11.4. The molecular weight excluding hydrogens is 280 g/mol. The Labute approximate surface area is 130 Å². The Morgan fingerprint density at radius 1 is 1.18 bits per heavy atom. The first-order chi connectivity index (χ1) is 10.7. The van der Waals surface area contributed by atoms with Crippen LogP contribution in [0.15, 0.2) is 0 Å². The van der Waals surface area contributed by atoms with E-state index < -0.39 is 0 Å². The quantitative estimate of drug-likeness (QED) is 0.801. The molecule has 4 fully saturated rings. The van der Waals surface area contributed by atoms with E-state index in [1.807, 2.05) is 6.92 Å². The predicted octanol–water partition coefficient (Wildman–Crippen LogP) is 0.314. The molecule has 1 aliphatic carbocycles. The second-order valence-corrected chi connectivity index (χ2v) is 7.18. The lowest BCUT2D eigenvalue weighted by atomic mass is 9.95. The third-order valence-corrected chi connectivity index (χ3v) is 5.37. The normalized spacial score (nSPS) is 28.9. The average Bonchev–Trinajstić information content (AvgIpc) is 3.28. The van der Waals surface area contributed by atoms with Gasteiger partial charge in [0.05, 0.1) is 0 Å². The second kappa shape index (κ2) is 5.61. The maximum Gasteiger partial charge on any atom is 0.244 e. The van der Waals surface area contributed by atoms with Gasteiger partial charge in [0.1, 0.15) is 12.4 Å². The number of carbonyl (C=O) groups excluding carboxylic acids is 1. The van der Waals surface area contributed by atoms with Crippen LogP contribution in [0.25, 0.3) is 0 Å². The summed E-state index contributed by atoms with van der Waals surface area (Å²) < 4.78 is 1.59. The molecule has 4 heterocycles. The molecule has 2 bridgehead atoms. The molecule has 0 spiro atoms. The number of hydrogen-bond acceptors (Lipinski definition) is 5. The van der Waals surface area contributed by atoms with Crippen molar-refractivity contribution in [3.8, 4) is 0 Å². The van der Waals surface area contributed by atoms with Crippen LogP contribution in [-0.2, 0) is 11.3 Å². The van der Waals surface area contributed by atoms with Gasteiger partial charge in [-0.3, -0.25) is 9.69 Å². The lowest BCUT2D eigenvalue weighted by molar-refractivity contribution is -0.132. The molecule has 2 atom stereocenters. The zero-order chi connectivity index (χ0) is 15.1. The topological polar surface area (TPSA) is 67.2 Å². The summed E-state index contributed by atoms with van der Waals surface area (Å²) in [5.74, 6) is 2.41. The van der Waals surface area contributed by atoms with Gasteiger partial charge in [0.25, 0.3) is 0 Å². The van der Waals surface area contributed by atoms with Crippen molar-refractivity contribution in [1.82, 2.24) is 30.0 Å². The van der Waals surface area contributed by atoms with E-state index in [1.165, 1.54) is 38.8 Å². The molecule has 5 rings (SSSR count). The summed E-state index contributed by atoms with van der Waals surface area (Å²) in [4.78, 5) is 17.3. The maximum atomic E-state index is 12.6. The fraction of sp³-hybridized carbons (Fsp3) is 0.867. The van der Waals surface area contributed by atoms with Gasteiger partial charge in [-0.1, -0.05) is 0 Å². The minimum absolute atomic E-state index is 0.153. The van der Waals surface area contributed by atoms with Gasteiger partial charge in [0.15, 0.2) is 0 Å². The van der Waals surface area contributed by atoms with Crippen molar-refractivity contribution >= 4 is 5.91 Å². The molecule has 1 amide bonds. The van der Waals surface area contributed by atoms with Crippen molar-refractivity contribution < 1.29 is 4.79 Å². The monoisotopic (exact) mass is 304 g/mol. The van der Waals surface area contributed by atoms with Crippen molar-refractivity contribution in [2.45, 2.75) is 45.2 Å². The Kier molecular flexibility index (Phi) is 3.60. The van der Waals surface area contributed by atoms with Gasteiger partial charge in [-0.25, -0.2) is 4.68 Å². The van der Waals surface area contributed by atoms with Gasteiger partial charge in [-0.15, -0.1) is 5.10 Å². The molecule has 4 aliphatic rings. The number of fused-ring (bicyclic) bond motifs is 4. The summed E-state index contributed by atoms with van der Waals surface area (Å²) in [6, 6.07) is 0.554. The van der Waals surface area contributed by atoms with Crippen molar-refractivity contribution in [2.24, 2.45) is 11.8 Å². The largest absolute Gasteiger partial charge is 0.339 e. The first-order valence-electron chi connectivity index (χ1n) is 8.43. The van der Waals surface area contributed by atoms with Gasteiger partial charge in [0, 0.05) is 32.2 Å². The minimum atomic E-state index is 0.153. The SMILES string of the molecule is Cc1nnnn1CC(=O)N1C[C@@H]2CC[C@H](C1)N(CC1CC1)C2. The molecule has 22 heavy (non-hydrogen) atoms. The highest BCUT2D eigenvalue weighted by Gasteiger charge is 2.38. The molecule has 0 unspecified atom stereocenters. The number of nitrogens with zero attached hydrogens (tertiary/aromatic N) is 6. The van der Waals surface area contributed by atoms with Crippen LogP contribution < -0.4 is 0 Å². The van der Waals surface area contributed by atoms with Gasteiger partial charge < -0.3 is 4.90 Å². The average molecular weight is 304 g/mol. The van der Waals surface area contributed by atoms with Gasteiger partial charge in [0.2, 0.25) is 5.91 Å². The summed E-state index contributed by atoms with van der Waals surface area (Å²) in [7, 11) is 0. The van der Waals surface area contributed by atoms with Crippen LogP contribution >= 0.6 is 0 Å². The lowest BCUT2D eigenvalue weighted by Crippen LogP contribution is -2.45. The number of piperidine rings is 1. The zero-order valence-electron chi connectivity index (χ0n) is 13.2. The number of hydrogen-bond donors (Lipinski definition) is 0. The highest BCUT2D eigenvalue weighted by Crippen LogP contribution is 2.34. The molecule has 3 saturated heterocycles. The molecule has 1 aromatic rings. The summed E-state index contributed by atoms with van der Waals surface area (Å²) in [6.45, 7) is 6.29. The van der Waals surface area contributed by atoms with E-state index in [0.29, 0.717) is 17.8 Å².